The third kappa shape index (κ3) is 7.10. The standard InChI is InChI=1S/C38H49N3O9/c1-21-10-12-38(27(7-8-28(38)37(45)46)23-11-13-40-35(39)17-23)34(41-21)20-49-33-16-24(15-32(48-3)36(33)44)30-19-25(42)18-26(50-30)6-4-22-5-9-29(43)31(14-22)47-2/h5,7-9,11,14-17,21,25-28,30,34,40-44H,4,6,10,12-13,18-20,39H2,1-3H3,(H,45,46). The van der Waals surface area contributed by atoms with Crippen molar-refractivity contribution in [2.75, 3.05) is 27.4 Å². The molecule has 1 spiro atoms. The molecule has 8 atom stereocenters. The number of nitrogens with two attached hydrogens (primary N) is 1. The number of phenols is 2. The molecule has 3 aliphatic heterocycles. The highest BCUT2D eigenvalue weighted by atomic mass is 16.5. The lowest BCUT2D eigenvalue weighted by Crippen LogP contribution is -2.61. The Kier molecular flexibility index (Phi) is 10.5. The van der Waals surface area contributed by atoms with Crippen LogP contribution in [0.1, 0.15) is 56.3 Å². The van der Waals surface area contributed by atoms with E-state index < -0.39 is 29.5 Å². The molecule has 2 saturated heterocycles. The molecule has 0 aromatic heterocycles. The zero-order valence-corrected chi connectivity index (χ0v) is 28.8. The van der Waals surface area contributed by atoms with Gasteiger partial charge in [-0.3, -0.25) is 4.79 Å². The van der Waals surface area contributed by atoms with Gasteiger partial charge in [0.2, 0.25) is 5.75 Å². The molecule has 2 aromatic carbocycles. The Morgan fingerprint density at radius 1 is 1.08 bits per heavy atom. The maximum Gasteiger partial charge on any atom is 0.311 e. The highest BCUT2D eigenvalue weighted by Gasteiger charge is 2.57. The Labute approximate surface area is 292 Å². The second-order valence-corrected chi connectivity index (χ2v) is 13.9. The molecular formula is C38H49N3O9. The van der Waals surface area contributed by atoms with E-state index in [1.807, 2.05) is 18.2 Å². The first-order valence-corrected chi connectivity index (χ1v) is 17.3. The molecule has 50 heavy (non-hydrogen) atoms. The van der Waals surface area contributed by atoms with E-state index in [0.29, 0.717) is 55.8 Å². The zero-order valence-electron chi connectivity index (χ0n) is 28.8. The number of piperidine rings is 1. The highest BCUT2D eigenvalue weighted by molar-refractivity contribution is 5.75. The molecule has 4 aliphatic rings. The number of nitrogens with one attached hydrogen (secondary N) is 2. The van der Waals surface area contributed by atoms with Gasteiger partial charge in [0.15, 0.2) is 23.0 Å². The summed E-state index contributed by atoms with van der Waals surface area (Å²) in [6, 6.07) is 8.40. The molecule has 2 aromatic rings. The van der Waals surface area contributed by atoms with Gasteiger partial charge in [0.25, 0.3) is 0 Å². The number of carboxylic acid groups (broad SMARTS) is 1. The number of phenolic OH excluding ortho intramolecular Hbond substituents is 2. The van der Waals surface area contributed by atoms with Gasteiger partial charge in [0, 0.05) is 36.4 Å². The number of aryl methyl sites for hydroxylation is 1. The summed E-state index contributed by atoms with van der Waals surface area (Å²) >= 11 is 0. The van der Waals surface area contributed by atoms with Gasteiger partial charge in [0.05, 0.1) is 44.3 Å². The number of dihydropyridines is 1. The molecule has 1 aliphatic carbocycles. The van der Waals surface area contributed by atoms with Gasteiger partial charge in [0.1, 0.15) is 6.61 Å². The first-order valence-electron chi connectivity index (χ1n) is 17.3. The number of hydrogen-bond acceptors (Lipinski definition) is 11. The Morgan fingerprint density at radius 2 is 1.86 bits per heavy atom. The van der Waals surface area contributed by atoms with Crippen LogP contribution in [0.25, 0.3) is 0 Å². The summed E-state index contributed by atoms with van der Waals surface area (Å²) in [5.74, 6) is -0.606. The number of aliphatic hydroxyl groups is 1. The molecule has 0 amide bonds. The summed E-state index contributed by atoms with van der Waals surface area (Å²) in [4.78, 5) is 12.8. The number of aliphatic carboxylic acids is 1. The molecule has 8 unspecified atom stereocenters. The van der Waals surface area contributed by atoms with Gasteiger partial charge in [-0.2, -0.15) is 0 Å². The summed E-state index contributed by atoms with van der Waals surface area (Å²) in [6.07, 6.45) is 9.98. The fourth-order valence-corrected chi connectivity index (χ4v) is 8.29. The van der Waals surface area contributed by atoms with Crippen LogP contribution in [0.2, 0.25) is 0 Å². The van der Waals surface area contributed by atoms with Crippen molar-refractivity contribution in [1.82, 2.24) is 10.6 Å². The molecule has 6 rings (SSSR count). The van der Waals surface area contributed by atoms with E-state index in [1.54, 1.807) is 30.3 Å². The van der Waals surface area contributed by atoms with E-state index >= 15 is 0 Å². The molecule has 12 heteroatoms. The predicted molar refractivity (Wildman–Crippen MR) is 186 cm³/mol. The number of aliphatic hydroxyl groups excluding tert-OH is 1. The summed E-state index contributed by atoms with van der Waals surface area (Å²) < 4.78 is 23.7. The number of carboxylic acids is 1. The molecule has 0 radical (unpaired) electrons. The van der Waals surface area contributed by atoms with Crippen molar-refractivity contribution in [2.45, 2.75) is 75.8 Å². The van der Waals surface area contributed by atoms with Gasteiger partial charge >= 0.3 is 5.97 Å². The van der Waals surface area contributed by atoms with E-state index in [2.05, 4.69) is 23.6 Å². The minimum Gasteiger partial charge on any atom is -0.504 e. The number of benzene rings is 2. The lowest BCUT2D eigenvalue weighted by atomic mass is 9.59. The van der Waals surface area contributed by atoms with Crippen molar-refractivity contribution in [3.05, 3.63) is 77.2 Å². The van der Waals surface area contributed by atoms with E-state index in [0.717, 1.165) is 17.6 Å². The van der Waals surface area contributed by atoms with Gasteiger partial charge in [-0.15, -0.1) is 0 Å². The largest absolute Gasteiger partial charge is 0.504 e. The maximum absolute atomic E-state index is 12.8. The number of hydrogen-bond donors (Lipinski definition) is 7. The first-order chi connectivity index (χ1) is 24.0. The van der Waals surface area contributed by atoms with Crippen LogP contribution < -0.4 is 30.6 Å². The minimum absolute atomic E-state index is 0.0758. The van der Waals surface area contributed by atoms with Gasteiger partial charge in [-0.25, -0.2) is 0 Å². The van der Waals surface area contributed by atoms with Crippen LogP contribution in [0.3, 0.4) is 0 Å². The van der Waals surface area contributed by atoms with E-state index in [4.69, 9.17) is 24.7 Å². The summed E-state index contributed by atoms with van der Waals surface area (Å²) in [5.41, 5.74) is 8.05. The van der Waals surface area contributed by atoms with Gasteiger partial charge < -0.3 is 55.7 Å². The summed E-state index contributed by atoms with van der Waals surface area (Å²) in [5, 5.41) is 49.3. The number of ether oxygens (including phenoxy) is 4. The first kappa shape index (κ1) is 35.4. The Balaban J connectivity index is 1.23. The molecular weight excluding hydrogens is 642 g/mol. The SMILES string of the molecule is COc1cc(CCC2CC(O)CC(c3cc(OC)c(O)c(OCC4NC(C)CCC45C(C(=O)O)C=CC5C4=CCNC(N)=C4)c3)O2)ccc1O. The summed E-state index contributed by atoms with van der Waals surface area (Å²) in [6.45, 7) is 2.73. The number of methoxy groups -OCH3 is 2. The average molecular weight is 692 g/mol. The van der Waals surface area contributed by atoms with E-state index in [-0.39, 0.29) is 53.7 Å². The van der Waals surface area contributed by atoms with Crippen molar-refractivity contribution in [3.63, 3.8) is 0 Å². The molecule has 0 bridgehead atoms. The van der Waals surface area contributed by atoms with Gasteiger partial charge in [-0.05, 0) is 86.1 Å². The second-order valence-electron chi connectivity index (χ2n) is 13.9. The fourth-order valence-electron chi connectivity index (χ4n) is 8.29. The molecule has 3 heterocycles. The van der Waals surface area contributed by atoms with E-state index in [1.165, 1.54) is 14.2 Å². The second kappa shape index (κ2) is 14.8. The topological polar surface area (TPSA) is 185 Å². The molecule has 2 fully saturated rings. The van der Waals surface area contributed by atoms with Gasteiger partial charge in [-0.1, -0.05) is 24.3 Å². The number of carbonyl (C=O) groups is 1. The lowest BCUT2D eigenvalue weighted by Gasteiger charge is -2.50. The molecule has 8 N–H and O–H groups in total. The van der Waals surface area contributed by atoms with Crippen LogP contribution in [-0.4, -0.2) is 78.1 Å². The van der Waals surface area contributed by atoms with Crippen molar-refractivity contribution in [1.29, 1.82) is 0 Å². The van der Waals surface area contributed by atoms with E-state index in [9.17, 15) is 25.2 Å². The minimum atomic E-state index is -0.893. The number of rotatable bonds is 11. The van der Waals surface area contributed by atoms with Crippen LogP contribution in [0.5, 0.6) is 28.7 Å². The lowest BCUT2D eigenvalue weighted by molar-refractivity contribution is -0.147. The van der Waals surface area contributed by atoms with Crippen molar-refractivity contribution >= 4 is 5.97 Å². The smallest absolute Gasteiger partial charge is 0.311 e. The van der Waals surface area contributed by atoms with Crippen LogP contribution in [0.15, 0.2) is 66.0 Å². The van der Waals surface area contributed by atoms with Crippen LogP contribution in [0.4, 0.5) is 0 Å². The van der Waals surface area contributed by atoms with Crippen LogP contribution in [-0.2, 0) is 16.0 Å². The quantitative estimate of drug-likeness (QED) is 0.168. The Bertz CT molecular complexity index is 1660. The summed E-state index contributed by atoms with van der Waals surface area (Å²) in [7, 11) is 2.97. The number of aromatic hydroxyl groups is 2. The third-order valence-corrected chi connectivity index (χ3v) is 10.8. The van der Waals surface area contributed by atoms with Crippen LogP contribution >= 0.6 is 0 Å². The third-order valence-electron chi connectivity index (χ3n) is 10.8. The molecule has 270 valence electrons. The fraction of sp³-hybridized carbons (Fsp3) is 0.500. The zero-order chi connectivity index (χ0) is 35.6. The van der Waals surface area contributed by atoms with Crippen molar-refractivity contribution in [2.24, 2.45) is 23.0 Å². The maximum atomic E-state index is 12.8. The number of allylic oxidation sites excluding steroid dienone is 3. The highest BCUT2D eigenvalue weighted by Crippen LogP contribution is 2.55. The average Bonchev–Trinajstić information content (AvgIpc) is 3.48. The monoisotopic (exact) mass is 691 g/mol. The Hall–Kier alpha value is -4.39. The van der Waals surface area contributed by atoms with Crippen LogP contribution in [0, 0.1) is 17.3 Å². The van der Waals surface area contributed by atoms with Crippen molar-refractivity contribution in [3.8, 4) is 28.7 Å². The predicted octanol–water partition coefficient (Wildman–Crippen LogP) is 4.05. The van der Waals surface area contributed by atoms with Crippen molar-refractivity contribution < 1.29 is 44.2 Å². The molecule has 0 saturated carbocycles. The normalized spacial score (nSPS) is 30.7. The Morgan fingerprint density at radius 3 is 2.60 bits per heavy atom. The molecule has 12 nitrogen and oxygen atoms in total.